The van der Waals surface area contributed by atoms with Crippen LogP contribution in [0.15, 0.2) is 82.7 Å². The highest BCUT2D eigenvalue weighted by molar-refractivity contribution is 8.18. The Morgan fingerprint density at radius 1 is 1.02 bits per heavy atom. The average Bonchev–Trinajstić information content (AvgIpc) is 3.23. The molecular formula is C33H34N2O4S. The molecule has 1 N–H and O–H groups in total. The zero-order chi connectivity index (χ0) is 28.1. The fourth-order valence-electron chi connectivity index (χ4n) is 5.17. The molecule has 2 aliphatic rings. The molecule has 2 fully saturated rings. The number of carbonyl (C=O) groups excluding carboxylic acids is 1. The fraction of sp³-hybridized carbons (Fsp3) is 0.303. The molecule has 0 bridgehead atoms. The Kier molecular flexibility index (Phi) is 8.70. The number of aliphatic imine (C=N–C) groups is 1. The van der Waals surface area contributed by atoms with E-state index >= 15 is 0 Å². The van der Waals surface area contributed by atoms with E-state index in [1.165, 1.54) is 54.3 Å². The molecule has 0 radical (unpaired) electrons. The van der Waals surface area contributed by atoms with Crippen molar-refractivity contribution in [3.8, 4) is 5.75 Å². The lowest BCUT2D eigenvalue weighted by Gasteiger charge is -2.22. The van der Waals surface area contributed by atoms with Crippen LogP contribution in [0.2, 0.25) is 0 Å². The summed E-state index contributed by atoms with van der Waals surface area (Å²) in [6, 6.07) is 23.7. The van der Waals surface area contributed by atoms with Crippen molar-refractivity contribution in [2.24, 2.45) is 4.99 Å². The van der Waals surface area contributed by atoms with Crippen molar-refractivity contribution >= 4 is 40.6 Å². The number of amidine groups is 1. The van der Waals surface area contributed by atoms with Crippen LogP contribution in [0.3, 0.4) is 0 Å². The number of carbonyl (C=O) groups is 2. The highest BCUT2D eigenvalue weighted by atomic mass is 32.2. The van der Waals surface area contributed by atoms with Gasteiger partial charge in [-0.2, -0.15) is 0 Å². The Hall–Kier alpha value is -3.84. The zero-order valence-electron chi connectivity index (χ0n) is 22.9. The third kappa shape index (κ3) is 6.83. The predicted molar refractivity (Wildman–Crippen MR) is 161 cm³/mol. The van der Waals surface area contributed by atoms with Crippen LogP contribution in [-0.2, 0) is 16.0 Å². The number of carboxylic acid groups (broad SMARTS) is 1. The standard InChI is InChI=1S/C33H34N2O4S/c1-22(25-12-14-27(15-13-25)26-6-4-3-5-7-26)39-29-18-10-23(11-19-29)20-30-32(38)35(2)33(40-30)34-28-16-8-24(9-17-28)21-31(36)37/h8-20,22,26H,3-7,21H2,1-2H3,(H,36,37)/b30-20+,34-33-. The normalized spacial score (nSPS) is 18.9. The lowest BCUT2D eigenvalue weighted by atomic mass is 9.84. The number of rotatable bonds is 8. The molecule has 0 spiro atoms. The topological polar surface area (TPSA) is 79.2 Å². The van der Waals surface area contributed by atoms with Gasteiger partial charge in [0.05, 0.1) is 17.0 Å². The molecule has 7 heteroatoms. The van der Waals surface area contributed by atoms with E-state index in [1.54, 1.807) is 31.3 Å². The second-order valence-corrected chi connectivity index (χ2v) is 11.4. The minimum Gasteiger partial charge on any atom is -0.486 e. The third-order valence-corrected chi connectivity index (χ3v) is 8.55. The number of hydrogen-bond donors (Lipinski definition) is 1. The number of nitrogens with zero attached hydrogens (tertiary/aromatic N) is 2. The minimum atomic E-state index is -0.876. The molecule has 40 heavy (non-hydrogen) atoms. The van der Waals surface area contributed by atoms with Crippen molar-refractivity contribution in [3.05, 3.63) is 100.0 Å². The van der Waals surface area contributed by atoms with Gasteiger partial charge in [0, 0.05) is 7.05 Å². The van der Waals surface area contributed by atoms with Crippen molar-refractivity contribution in [3.63, 3.8) is 0 Å². The lowest BCUT2D eigenvalue weighted by Crippen LogP contribution is -2.23. The molecule has 6 nitrogen and oxygen atoms in total. The van der Waals surface area contributed by atoms with E-state index in [-0.39, 0.29) is 18.4 Å². The first-order chi connectivity index (χ1) is 19.4. The number of benzene rings is 3. The van der Waals surface area contributed by atoms with E-state index in [4.69, 9.17) is 9.84 Å². The van der Waals surface area contributed by atoms with Gasteiger partial charge in [-0.15, -0.1) is 0 Å². The van der Waals surface area contributed by atoms with Gasteiger partial charge in [0.2, 0.25) is 0 Å². The van der Waals surface area contributed by atoms with Gasteiger partial charge in [0.15, 0.2) is 5.17 Å². The van der Waals surface area contributed by atoms with Gasteiger partial charge in [-0.1, -0.05) is 67.8 Å². The number of thioether (sulfide) groups is 1. The molecule has 1 saturated heterocycles. The predicted octanol–water partition coefficient (Wildman–Crippen LogP) is 7.74. The Morgan fingerprint density at radius 2 is 1.70 bits per heavy atom. The summed E-state index contributed by atoms with van der Waals surface area (Å²) in [5.41, 5.74) is 4.87. The molecule has 3 aromatic rings. The van der Waals surface area contributed by atoms with Crippen LogP contribution in [0.5, 0.6) is 5.75 Å². The van der Waals surface area contributed by atoms with Crippen molar-refractivity contribution in [2.75, 3.05) is 7.05 Å². The van der Waals surface area contributed by atoms with E-state index in [9.17, 15) is 9.59 Å². The molecule has 1 heterocycles. The number of amides is 1. The van der Waals surface area contributed by atoms with E-state index < -0.39 is 5.97 Å². The lowest BCUT2D eigenvalue weighted by molar-refractivity contribution is -0.136. The largest absolute Gasteiger partial charge is 0.486 e. The van der Waals surface area contributed by atoms with Gasteiger partial charge in [-0.3, -0.25) is 14.5 Å². The van der Waals surface area contributed by atoms with Crippen molar-refractivity contribution in [1.82, 2.24) is 4.90 Å². The minimum absolute atomic E-state index is 0.0346. The second-order valence-electron chi connectivity index (χ2n) is 10.4. The van der Waals surface area contributed by atoms with Crippen LogP contribution < -0.4 is 4.74 Å². The molecule has 1 aliphatic carbocycles. The van der Waals surface area contributed by atoms with Crippen molar-refractivity contribution < 1.29 is 19.4 Å². The first-order valence-corrected chi connectivity index (χ1v) is 14.6. The summed E-state index contributed by atoms with van der Waals surface area (Å²) < 4.78 is 6.21. The quantitative estimate of drug-likeness (QED) is 0.288. The second kappa shape index (κ2) is 12.6. The summed E-state index contributed by atoms with van der Waals surface area (Å²) in [5, 5.41) is 9.51. The van der Waals surface area contributed by atoms with Crippen LogP contribution in [0.1, 0.15) is 73.3 Å². The molecule has 5 rings (SSSR count). The monoisotopic (exact) mass is 554 g/mol. The van der Waals surface area contributed by atoms with Gasteiger partial charge >= 0.3 is 5.97 Å². The summed E-state index contributed by atoms with van der Waals surface area (Å²) in [7, 11) is 1.70. The van der Waals surface area contributed by atoms with Gasteiger partial charge in [0.25, 0.3) is 5.91 Å². The van der Waals surface area contributed by atoms with E-state index in [0.717, 1.165) is 16.9 Å². The summed E-state index contributed by atoms with van der Waals surface area (Å²) >= 11 is 1.32. The zero-order valence-corrected chi connectivity index (χ0v) is 23.7. The number of carboxylic acids is 1. The van der Waals surface area contributed by atoms with E-state index in [1.807, 2.05) is 30.3 Å². The molecule has 0 aromatic heterocycles. The van der Waals surface area contributed by atoms with Crippen molar-refractivity contribution in [2.45, 2.75) is 57.5 Å². The number of hydrogen-bond acceptors (Lipinski definition) is 5. The van der Waals surface area contributed by atoms with Gasteiger partial charge < -0.3 is 9.84 Å². The van der Waals surface area contributed by atoms with E-state index in [2.05, 4.69) is 36.2 Å². The highest BCUT2D eigenvalue weighted by Gasteiger charge is 2.30. The van der Waals surface area contributed by atoms with Crippen LogP contribution in [-0.4, -0.2) is 34.1 Å². The molecular weight excluding hydrogens is 520 g/mol. The van der Waals surface area contributed by atoms with Gasteiger partial charge in [-0.25, -0.2) is 4.99 Å². The van der Waals surface area contributed by atoms with Crippen LogP contribution >= 0.6 is 11.8 Å². The third-order valence-electron chi connectivity index (χ3n) is 7.49. The number of likely N-dealkylation sites (N-methyl/N-ethyl adjacent to an activating group) is 1. The first-order valence-electron chi connectivity index (χ1n) is 13.8. The fourth-order valence-corrected chi connectivity index (χ4v) is 6.15. The number of aliphatic carboxylic acids is 1. The molecule has 1 unspecified atom stereocenters. The Morgan fingerprint density at radius 3 is 2.35 bits per heavy atom. The summed E-state index contributed by atoms with van der Waals surface area (Å²) in [4.78, 5) is 30.4. The van der Waals surface area contributed by atoms with Crippen molar-refractivity contribution in [1.29, 1.82) is 0 Å². The first kappa shape index (κ1) is 27.7. The number of ether oxygens (including phenoxy) is 1. The van der Waals surface area contributed by atoms with Gasteiger partial charge in [-0.05, 0) is 90.0 Å². The van der Waals surface area contributed by atoms with Crippen LogP contribution in [0, 0.1) is 0 Å². The average molecular weight is 555 g/mol. The molecule has 206 valence electrons. The smallest absolute Gasteiger partial charge is 0.307 e. The molecule has 1 saturated carbocycles. The molecule has 1 atom stereocenters. The molecule has 1 aliphatic heterocycles. The van der Waals surface area contributed by atoms with Crippen LogP contribution in [0.25, 0.3) is 6.08 Å². The molecule has 1 amide bonds. The SMILES string of the molecule is CC(Oc1ccc(/C=C2/S/C(=N\c3ccc(CC(=O)O)cc3)N(C)C2=O)cc1)c1ccc(C2CCCCC2)cc1. The maximum atomic E-state index is 12.8. The summed E-state index contributed by atoms with van der Waals surface area (Å²) in [6.45, 7) is 2.07. The Bertz CT molecular complexity index is 1410. The summed E-state index contributed by atoms with van der Waals surface area (Å²) in [6.07, 6.45) is 8.39. The maximum absolute atomic E-state index is 12.8. The van der Waals surface area contributed by atoms with Crippen LogP contribution in [0.4, 0.5) is 5.69 Å². The Labute approximate surface area is 239 Å². The van der Waals surface area contributed by atoms with Gasteiger partial charge in [0.1, 0.15) is 11.9 Å². The molecule has 3 aromatic carbocycles. The Balaban J connectivity index is 1.21. The van der Waals surface area contributed by atoms with E-state index in [0.29, 0.717) is 27.2 Å². The summed E-state index contributed by atoms with van der Waals surface area (Å²) in [5.74, 6) is 0.489. The maximum Gasteiger partial charge on any atom is 0.307 e. The highest BCUT2D eigenvalue weighted by Crippen LogP contribution is 2.35.